The zero-order chi connectivity index (χ0) is 15.6. The van der Waals surface area contributed by atoms with Crippen molar-refractivity contribution >= 4 is 11.3 Å². The zero-order valence-corrected chi connectivity index (χ0v) is 13.4. The van der Waals surface area contributed by atoms with Crippen molar-refractivity contribution in [2.24, 2.45) is 0 Å². The van der Waals surface area contributed by atoms with Gasteiger partial charge in [0.15, 0.2) is 0 Å². The van der Waals surface area contributed by atoms with Gasteiger partial charge in [0.25, 0.3) is 0 Å². The highest BCUT2D eigenvalue weighted by atomic mass is 32.1. The van der Waals surface area contributed by atoms with Crippen LogP contribution in [-0.4, -0.2) is 9.97 Å². The zero-order valence-electron chi connectivity index (χ0n) is 12.6. The Balaban J connectivity index is 1.87. The lowest BCUT2D eigenvalue weighted by atomic mass is 9.96. The number of rotatable bonds is 3. The molecule has 4 aromatic rings. The maximum absolute atomic E-state index is 5.41. The van der Waals surface area contributed by atoms with Crippen LogP contribution in [0, 0.1) is 6.92 Å². The molecule has 112 valence electrons. The van der Waals surface area contributed by atoms with Gasteiger partial charge in [-0.25, -0.2) is 9.97 Å². The molecule has 4 rings (SSSR count). The van der Waals surface area contributed by atoms with E-state index in [0.29, 0.717) is 5.89 Å². The van der Waals surface area contributed by atoms with Crippen molar-refractivity contribution in [1.29, 1.82) is 0 Å². The molecule has 0 aliphatic heterocycles. The number of benzene rings is 2. The topological polar surface area (TPSA) is 38.9 Å². The molecule has 0 bridgehead atoms. The summed E-state index contributed by atoms with van der Waals surface area (Å²) in [4.78, 5) is 8.70. The van der Waals surface area contributed by atoms with Gasteiger partial charge in [0.2, 0.25) is 5.89 Å². The third-order valence-corrected chi connectivity index (χ3v) is 4.50. The van der Waals surface area contributed by atoms with E-state index in [4.69, 9.17) is 4.42 Å². The van der Waals surface area contributed by atoms with Crippen molar-refractivity contribution < 1.29 is 4.42 Å². The van der Waals surface area contributed by atoms with E-state index >= 15 is 0 Å². The summed E-state index contributed by atoms with van der Waals surface area (Å²) in [5.41, 5.74) is 5.65. The van der Waals surface area contributed by atoms with Gasteiger partial charge in [-0.15, -0.1) is 11.3 Å². The van der Waals surface area contributed by atoms with Gasteiger partial charge in [-0.1, -0.05) is 29.8 Å². The monoisotopic (exact) mass is 318 g/mol. The lowest BCUT2D eigenvalue weighted by molar-refractivity contribution is 0.574. The number of thiazole rings is 1. The van der Waals surface area contributed by atoms with Gasteiger partial charge in [-0.05, 0) is 36.2 Å². The Labute approximate surface area is 138 Å². The summed E-state index contributed by atoms with van der Waals surface area (Å²) in [6.07, 6.45) is 5.10. The fourth-order valence-electron chi connectivity index (χ4n) is 2.63. The highest BCUT2D eigenvalue weighted by Crippen LogP contribution is 2.35. The second kappa shape index (κ2) is 5.82. The van der Waals surface area contributed by atoms with E-state index in [9.17, 15) is 0 Å². The van der Waals surface area contributed by atoms with Crippen LogP contribution in [0.2, 0.25) is 0 Å². The van der Waals surface area contributed by atoms with E-state index in [1.54, 1.807) is 23.8 Å². The Morgan fingerprint density at radius 1 is 0.913 bits per heavy atom. The summed E-state index contributed by atoms with van der Waals surface area (Å²) in [7, 11) is 0. The Bertz CT molecular complexity index is 928. The molecule has 23 heavy (non-hydrogen) atoms. The van der Waals surface area contributed by atoms with Crippen LogP contribution in [-0.2, 0) is 0 Å². The Kier molecular flexibility index (Phi) is 3.52. The van der Waals surface area contributed by atoms with E-state index < -0.39 is 0 Å². The van der Waals surface area contributed by atoms with Crippen molar-refractivity contribution in [3.8, 4) is 33.2 Å². The molecule has 0 spiro atoms. The van der Waals surface area contributed by atoms with E-state index in [0.717, 1.165) is 21.7 Å². The molecule has 0 aliphatic rings. The minimum Gasteiger partial charge on any atom is -0.445 e. The summed E-state index contributed by atoms with van der Waals surface area (Å²) in [5.74, 6) is 0.634. The van der Waals surface area contributed by atoms with E-state index in [2.05, 4.69) is 47.2 Å². The van der Waals surface area contributed by atoms with Crippen LogP contribution < -0.4 is 0 Å². The van der Waals surface area contributed by atoms with Crippen LogP contribution in [0.3, 0.4) is 0 Å². The van der Waals surface area contributed by atoms with Crippen LogP contribution in [0.5, 0.6) is 0 Å². The first kappa shape index (κ1) is 13.9. The van der Waals surface area contributed by atoms with Crippen molar-refractivity contribution in [3.63, 3.8) is 0 Å². The second-order valence-electron chi connectivity index (χ2n) is 5.30. The summed E-state index contributed by atoms with van der Waals surface area (Å²) in [6, 6.07) is 14.7. The fourth-order valence-corrected chi connectivity index (χ4v) is 3.30. The molecule has 3 nitrogen and oxygen atoms in total. The molecule has 0 aliphatic carbocycles. The minimum atomic E-state index is 0.634. The molecular weight excluding hydrogens is 304 g/mol. The van der Waals surface area contributed by atoms with Crippen LogP contribution in [0.15, 0.2) is 70.9 Å². The third kappa shape index (κ3) is 2.69. The highest BCUT2D eigenvalue weighted by molar-refractivity contribution is 7.13. The quantitative estimate of drug-likeness (QED) is 0.505. The summed E-state index contributed by atoms with van der Waals surface area (Å²) < 4.78 is 5.41. The molecule has 0 unspecified atom stereocenters. The molecule has 2 aromatic heterocycles. The predicted molar refractivity (Wildman–Crippen MR) is 93.2 cm³/mol. The number of hydrogen-bond acceptors (Lipinski definition) is 4. The summed E-state index contributed by atoms with van der Waals surface area (Å²) in [6.45, 7) is 2.10. The third-order valence-electron chi connectivity index (χ3n) is 3.69. The standard InChI is InChI=1S/C19H14N2OS/c1-13-5-6-16(17(11-13)19-21-8-10-23-19)14-3-2-4-15(12-14)18-20-7-9-22-18/h2-12H,1H3. The molecular formula is C19H14N2OS. The van der Waals surface area contributed by atoms with Crippen molar-refractivity contribution in [1.82, 2.24) is 9.97 Å². The summed E-state index contributed by atoms with van der Waals surface area (Å²) in [5, 5.41) is 3.04. The van der Waals surface area contributed by atoms with Crippen LogP contribution in [0.4, 0.5) is 0 Å². The number of aryl methyl sites for hydroxylation is 1. The first-order valence-corrected chi connectivity index (χ1v) is 8.20. The van der Waals surface area contributed by atoms with Crippen molar-refractivity contribution in [3.05, 3.63) is 72.1 Å². The molecule has 0 radical (unpaired) electrons. The number of nitrogens with zero attached hydrogens (tertiary/aromatic N) is 2. The van der Waals surface area contributed by atoms with Gasteiger partial charge in [0.1, 0.15) is 11.3 Å². The Morgan fingerprint density at radius 3 is 2.61 bits per heavy atom. The lowest BCUT2D eigenvalue weighted by Crippen LogP contribution is -1.87. The van der Waals surface area contributed by atoms with Crippen LogP contribution >= 0.6 is 11.3 Å². The molecule has 2 heterocycles. The maximum Gasteiger partial charge on any atom is 0.225 e. The average molecular weight is 318 g/mol. The smallest absolute Gasteiger partial charge is 0.225 e. The second-order valence-corrected chi connectivity index (χ2v) is 6.20. The van der Waals surface area contributed by atoms with Crippen LogP contribution in [0.25, 0.3) is 33.2 Å². The van der Waals surface area contributed by atoms with Gasteiger partial charge in [0, 0.05) is 22.7 Å². The number of oxazole rings is 1. The predicted octanol–water partition coefficient (Wildman–Crippen LogP) is 5.44. The normalized spacial score (nSPS) is 10.8. The maximum atomic E-state index is 5.41. The largest absolute Gasteiger partial charge is 0.445 e. The molecule has 0 N–H and O–H groups in total. The Hall–Kier alpha value is -2.72. The Morgan fingerprint density at radius 2 is 1.83 bits per heavy atom. The van der Waals surface area contributed by atoms with Crippen molar-refractivity contribution in [2.75, 3.05) is 0 Å². The molecule has 4 heteroatoms. The lowest BCUT2D eigenvalue weighted by Gasteiger charge is -2.10. The van der Waals surface area contributed by atoms with E-state index in [-0.39, 0.29) is 0 Å². The highest BCUT2D eigenvalue weighted by Gasteiger charge is 2.11. The number of hydrogen-bond donors (Lipinski definition) is 0. The van der Waals surface area contributed by atoms with Gasteiger partial charge in [0.05, 0.1) is 6.20 Å². The van der Waals surface area contributed by atoms with Crippen molar-refractivity contribution in [2.45, 2.75) is 6.92 Å². The molecule has 0 fully saturated rings. The molecule has 0 saturated carbocycles. The first-order chi connectivity index (χ1) is 11.3. The van der Waals surface area contributed by atoms with Gasteiger partial charge < -0.3 is 4.42 Å². The molecule has 0 saturated heterocycles. The number of aromatic nitrogens is 2. The average Bonchev–Trinajstić information content (AvgIpc) is 3.28. The van der Waals surface area contributed by atoms with Gasteiger partial charge in [-0.3, -0.25) is 0 Å². The van der Waals surface area contributed by atoms with Gasteiger partial charge in [-0.2, -0.15) is 0 Å². The van der Waals surface area contributed by atoms with Gasteiger partial charge >= 0.3 is 0 Å². The first-order valence-electron chi connectivity index (χ1n) is 7.32. The molecule has 0 atom stereocenters. The molecule has 2 aromatic carbocycles. The van der Waals surface area contributed by atoms with E-state index in [1.807, 2.05) is 23.7 Å². The molecule has 0 amide bonds. The van der Waals surface area contributed by atoms with E-state index in [1.165, 1.54) is 11.1 Å². The van der Waals surface area contributed by atoms with Crippen LogP contribution in [0.1, 0.15) is 5.56 Å². The minimum absolute atomic E-state index is 0.634. The summed E-state index contributed by atoms with van der Waals surface area (Å²) >= 11 is 1.65. The fraction of sp³-hybridized carbons (Fsp3) is 0.0526. The SMILES string of the molecule is Cc1ccc(-c2cccc(-c3ncco3)c2)c(-c2nccs2)c1.